The van der Waals surface area contributed by atoms with Gasteiger partial charge in [-0.05, 0) is 18.3 Å². The molecule has 5 heteroatoms. The summed E-state index contributed by atoms with van der Waals surface area (Å²) in [5, 5.41) is 4.11. The van der Waals surface area contributed by atoms with E-state index < -0.39 is 0 Å². The minimum Gasteiger partial charge on any atom is -0.467 e. The Labute approximate surface area is 114 Å². The molecule has 1 aliphatic rings. The van der Waals surface area contributed by atoms with Crippen molar-refractivity contribution in [3.63, 3.8) is 0 Å². The molecule has 0 aromatic carbocycles. The maximum absolute atomic E-state index is 11.7. The minimum absolute atomic E-state index is 0.181. The zero-order chi connectivity index (χ0) is 13.7. The van der Waals surface area contributed by atoms with Crippen LogP contribution in [0.1, 0.15) is 34.1 Å². The molecule has 0 aromatic rings. The van der Waals surface area contributed by atoms with Crippen LogP contribution in [0.25, 0.3) is 0 Å². The van der Waals surface area contributed by atoms with Crippen LogP contribution in [0.4, 0.5) is 0 Å². The number of thioether (sulfide) groups is 1. The van der Waals surface area contributed by atoms with Gasteiger partial charge in [0.15, 0.2) is 5.17 Å². The molecule has 2 atom stereocenters. The number of carbonyl (C=O) groups is 1. The Morgan fingerprint density at radius 1 is 1.44 bits per heavy atom. The van der Waals surface area contributed by atoms with Crippen molar-refractivity contribution in [3.8, 4) is 0 Å². The van der Waals surface area contributed by atoms with E-state index in [1.54, 1.807) is 11.8 Å². The predicted molar refractivity (Wildman–Crippen MR) is 76.9 cm³/mol. The van der Waals surface area contributed by atoms with E-state index in [2.05, 4.69) is 24.2 Å². The number of carbonyl (C=O) groups excluding carboxylic acids is 1. The molecule has 1 heterocycles. The van der Waals surface area contributed by atoms with Gasteiger partial charge in [-0.1, -0.05) is 39.5 Å². The van der Waals surface area contributed by atoms with Gasteiger partial charge in [-0.15, -0.1) is 0 Å². The van der Waals surface area contributed by atoms with Gasteiger partial charge in [0.2, 0.25) is 0 Å². The van der Waals surface area contributed by atoms with Gasteiger partial charge < -0.3 is 10.1 Å². The Morgan fingerprint density at radius 3 is 2.61 bits per heavy atom. The highest BCUT2D eigenvalue weighted by atomic mass is 32.2. The van der Waals surface area contributed by atoms with Crippen molar-refractivity contribution in [1.29, 1.82) is 0 Å². The number of amidine groups is 1. The Hall–Kier alpha value is -0.710. The molecule has 104 valence electrons. The molecule has 0 aromatic heterocycles. The highest BCUT2D eigenvalue weighted by Gasteiger charge is 2.26. The smallest absolute Gasteiger partial charge is 0.328 e. The lowest BCUT2D eigenvalue weighted by Crippen LogP contribution is -2.45. The van der Waals surface area contributed by atoms with Crippen molar-refractivity contribution in [3.05, 3.63) is 0 Å². The molecule has 18 heavy (non-hydrogen) atoms. The number of nitrogens with one attached hydrogen (secondary N) is 1. The number of esters is 1. The van der Waals surface area contributed by atoms with Gasteiger partial charge in [-0.3, -0.25) is 4.99 Å². The average molecular weight is 272 g/mol. The first kappa shape index (κ1) is 15.3. The van der Waals surface area contributed by atoms with E-state index in [4.69, 9.17) is 4.74 Å². The first-order valence-electron chi connectivity index (χ1n) is 6.50. The number of hydrogen-bond acceptors (Lipinski definition) is 5. The van der Waals surface area contributed by atoms with Crippen molar-refractivity contribution in [2.45, 2.75) is 46.2 Å². The second-order valence-electron chi connectivity index (χ2n) is 5.27. The van der Waals surface area contributed by atoms with Gasteiger partial charge in [0.1, 0.15) is 6.04 Å². The average Bonchev–Trinajstić information content (AvgIpc) is 2.35. The van der Waals surface area contributed by atoms with Crippen molar-refractivity contribution in [1.82, 2.24) is 5.32 Å². The third-order valence-electron chi connectivity index (χ3n) is 3.11. The number of ether oxygens (including phenoxy) is 1. The summed E-state index contributed by atoms with van der Waals surface area (Å²) in [6.45, 7) is 8.37. The molecule has 0 amide bonds. The van der Waals surface area contributed by atoms with E-state index in [1.807, 2.05) is 13.8 Å². The molecular formula is C13H24N2O2S. The Morgan fingerprint density at radius 2 is 2.11 bits per heavy atom. The number of nitrogens with zero attached hydrogens (tertiary/aromatic N) is 1. The van der Waals surface area contributed by atoms with Crippen LogP contribution in [0.15, 0.2) is 4.99 Å². The molecule has 0 saturated heterocycles. The highest BCUT2D eigenvalue weighted by molar-refractivity contribution is 8.13. The van der Waals surface area contributed by atoms with E-state index in [0.717, 1.165) is 17.3 Å². The van der Waals surface area contributed by atoms with Crippen LogP contribution < -0.4 is 5.32 Å². The molecule has 4 nitrogen and oxygen atoms in total. The minimum atomic E-state index is -0.313. The van der Waals surface area contributed by atoms with E-state index in [-0.39, 0.29) is 17.9 Å². The lowest BCUT2D eigenvalue weighted by Gasteiger charge is -2.27. The van der Waals surface area contributed by atoms with Crippen LogP contribution in [-0.2, 0) is 9.53 Å². The summed E-state index contributed by atoms with van der Waals surface area (Å²) in [6.07, 6.45) is 1.11. The van der Waals surface area contributed by atoms with Crippen molar-refractivity contribution in [2.75, 3.05) is 12.9 Å². The lowest BCUT2D eigenvalue weighted by atomic mass is 10.0. The molecule has 1 aliphatic heterocycles. The van der Waals surface area contributed by atoms with Crippen LogP contribution in [0.5, 0.6) is 0 Å². The third-order valence-corrected chi connectivity index (χ3v) is 4.04. The van der Waals surface area contributed by atoms with Crippen LogP contribution >= 0.6 is 11.8 Å². The van der Waals surface area contributed by atoms with E-state index in [9.17, 15) is 4.79 Å². The standard InChI is InChI=1S/C13H24N2O2S/c1-8(2)10-6-7-18-13(14-10)15-11(9(3)4)12(16)17-5/h8-11H,6-7H2,1-5H3,(H,14,15). The molecule has 0 bridgehead atoms. The summed E-state index contributed by atoms with van der Waals surface area (Å²) in [5.41, 5.74) is 0. The first-order chi connectivity index (χ1) is 8.45. The van der Waals surface area contributed by atoms with Crippen molar-refractivity contribution < 1.29 is 9.53 Å². The van der Waals surface area contributed by atoms with E-state index in [1.165, 1.54) is 7.11 Å². The second-order valence-corrected chi connectivity index (χ2v) is 6.36. The van der Waals surface area contributed by atoms with Crippen LogP contribution in [0.3, 0.4) is 0 Å². The maximum atomic E-state index is 11.7. The van der Waals surface area contributed by atoms with Crippen LogP contribution in [0, 0.1) is 11.8 Å². The number of rotatable bonds is 4. The van der Waals surface area contributed by atoms with Gasteiger partial charge in [0, 0.05) is 5.75 Å². The summed E-state index contributed by atoms with van der Waals surface area (Å²) in [4.78, 5) is 16.4. The molecule has 1 rings (SSSR count). The second kappa shape index (κ2) is 7.02. The summed E-state index contributed by atoms with van der Waals surface area (Å²) >= 11 is 1.69. The van der Waals surface area contributed by atoms with Gasteiger partial charge in [-0.25, -0.2) is 4.79 Å². The SMILES string of the molecule is COC(=O)C(NC1=NC(C(C)C)CCS1)C(C)C. The topological polar surface area (TPSA) is 50.7 Å². The molecule has 0 saturated carbocycles. The summed E-state index contributed by atoms with van der Waals surface area (Å²) in [5.74, 6) is 1.55. The molecule has 0 radical (unpaired) electrons. The normalized spacial score (nSPS) is 21.7. The van der Waals surface area contributed by atoms with Gasteiger partial charge >= 0.3 is 5.97 Å². The Bertz CT molecular complexity index is 316. The Kier molecular flexibility index (Phi) is 5.99. The van der Waals surface area contributed by atoms with Gasteiger partial charge in [-0.2, -0.15) is 0 Å². The zero-order valence-corrected chi connectivity index (χ0v) is 12.7. The van der Waals surface area contributed by atoms with E-state index in [0.29, 0.717) is 12.0 Å². The fourth-order valence-electron chi connectivity index (χ4n) is 1.85. The van der Waals surface area contributed by atoms with Crippen molar-refractivity contribution >= 4 is 22.9 Å². The lowest BCUT2D eigenvalue weighted by molar-refractivity contribution is -0.143. The number of aliphatic imine (C=N–C) groups is 1. The Balaban J connectivity index is 2.71. The zero-order valence-electron chi connectivity index (χ0n) is 11.9. The quantitative estimate of drug-likeness (QED) is 0.798. The highest BCUT2D eigenvalue weighted by Crippen LogP contribution is 2.22. The van der Waals surface area contributed by atoms with Crippen molar-refractivity contribution in [2.24, 2.45) is 16.8 Å². The molecule has 0 fully saturated rings. The summed E-state index contributed by atoms with van der Waals surface area (Å²) in [7, 11) is 1.42. The number of hydrogen-bond donors (Lipinski definition) is 1. The van der Waals surface area contributed by atoms with Crippen LogP contribution in [0.2, 0.25) is 0 Å². The largest absolute Gasteiger partial charge is 0.467 e. The van der Waals surface area contributed by atoms with E-state index >= 15 is 0 Å². The van der Waals surface area contributed by atoms with Gasteiger partial charge in [0.05, 0.1) is 13.2 Å². The number of methoxy groups -OCH3 is 1. The monoisotopic (exact) mass is 272 g/mol. The maximum Gasteiger partial charge on any atom is 0.328 e. The fraction of sp³-hybridized carbons (Fsp3) is 0.846. The molecule has 0 spiro atoms. The third kappa shape index (κ3) is 4.19. The molecular weight excluding hydrogens is 248 g/mol. The molecule has 0 aliphatic carbocycles. The summed E-state index contributed by atoms with van der Waals surface area (Å²) in [6, 6.07) is 0.0476. The summed E-state index contributed by atoms with van der Waals surface area (Å²) < 4.78 is 4.82. The molecule has 2 unspecified atom stereocenters. The van der Waals surface area contributed by atoms with Crippen LogP contribution in [-0.4, -0.2) is 36.1 Å². The predicted octanol–water partition coefficient (Wildman–Crippen LogP) is 2.29. The fourth-order valence-corrected chi connectivity index (χ4v) is 2.82. The first-order valence-corrected chi connectivity index (χ1v) is 7.49. The van der Waals surface area contributed by atoms with Gasteiger partial charge in [0.25, 0.3) is 0 Å². The molecule has 1 N–H and O–H groups in total.